The Kier molecular flexibility index (Phi) is 4.19. The standard InChI is InChI=1S/C9H14N2O3S/c1-5-8(15-6(2)10-5)9(14)11-7(3-12)4-13/h7,12-13H,3-4H2,1-2H3,(H,11,14). The Morgan fingerprint density at radius 1 is 1.47 bits per heavy atom. The third-order valence-corrected chi connectivity index (χ3v) is 2.96. The zero-order valence-electron chi connectivity index (χ0n) is 8.65. The summed E-state index contributed by atoms with van der Waals surface area (Å²) < 4.78 is 0. The molecule has 0 unspecified atom stereocenters. The fraction of sp³-hybridized carbons (Fsp3) is 0.556. The van der Waals surface area contributed by atoms with Gasteiger partial charge in [-0.15, -0.1) is 11.3 Å². The Balaban J connectivity index is 2.72. The number of aliphatic hydroxyl groups excluding tert-OH is 2. The summed E-state index contributed by atoms with van der Waals surface area (Å²) in [6, 6.07) is -0.612. The van der Waals surface area contributed by atoms with Gasteiger partial charge in [-0.3, -0.25) is 4.79 Å². The highest BCUT2D eigenvalue weighted by Crippen LogP contribution is 2.16. The van der Waals surface area contributed by atoms with Gasteiger partial charge in [0.15, 0.2) is 0 Å². The van der Waals surface area contributed by atoms with Gasteiger partial charge in [-0.05, 0) is 13.8 Å². The molecule has 1 aromatic rings. The Morgan fingerprint density at radius 2 is 2.07 bits per heavy atom. The fourth-order valence-electron chi connectivity index (χ4n) is 1.14. The van der Waals surface area contributed by atoms with Crippen molar-refractivity contribution >= 4 is 17.2 Å². The van der Waals surface area contributed by atoms with E-state index in [1.165, 1.54) is 11.3 Å². The summed E-state index contributed by atoms with van der Waals surface area (Å²) in [6.07, 6.45) is 0. The SMILES string of the molecule is Cc1nc(C)c(C(=O)NC(CO)CO)s1. The van der Waals surface area contributed by atoms with E-state index in [0.29, 0.717) is 10.6 Å². The predicted molar refractivity (Wildman–Crippen MR) is 57.0 cm³/mol. The molecule has 1 heterocycles. The van der Waals surface area contributed by atoms with Gasteiger partial charge >= 0.3 is 0 Å². The van der Waals surface area contributed by atoms with Crippen LogP contribution in [0.25, 0.3) is 0 Å². The molecule has 5 nitrogen and oxygen atoms in total. The predicted octanol–water partition coefficient (Wildman–Crippen LogP) is -0.157. The van der Waals surface area contributed by atoms with Gasteiger partial charge in [0, 0.05) is 0 Å². The summed E-state index contributed by atoms with van der Waals surface area (Å²) in [5.74, 6) is -0.300. The maximum atomic E-state index is 11.6. The highest BCUT2D eigenvalue weighted by molar-refractivity contribution is 7.13. The number of nitrogens with zero attached hydrogens (tertiary/aromatic N) is 1. The van der Waals surface area contributed by atoms with E-state index in [0.717, 1.165) is 5.01 Å². The molecule has 0 saturated carbocycles. The monoisotopic (exact) mass is 230 g/mol. The first-order valence-electron chi connectivity index (χ1n) is 4.55. The lowest BCUT2D eigenvalue weighted by Gasteiger charge is -2.12. The van der Waals surface area contributed by atoms with Crippen LogP contribution in [-0.4, -0.2) is 40.4 Å². The summed E-state index contributed by atoms with van der Waals surface area (Å²) in [7, 11) is 0. The second-order valence-corrected chi connectivity index (χ2v) is 4.39. The third-order valence-electron chi connectivity index (χ3n) is 1.89. The van der Waals surface area contributed by atoms with Crippen LogP contribution >= 0.6 is 11.3 Å². The summed E-state index contributed by atoms with van der Waals surface area (Å²) in [5.41, 5.74) is 0.671. The minimum atomic E-state index is -0.612. The molecule has 1 aromatic heterocycles. The van der Waals surface area contributed by atoms with Crippen molar-refractivity contribution in [1.29, 1.82) is 0 Å². The van der Waals surface area contributed by atoms with Crippen LogP contribution in [0.3, 0.4) is 0 Å². The number of nitrogens with one attached hydrogen (secondary N) is 1. The van der Waals surface area contributed by atoms with Crippen molar-refractivity contribution in [3.63, 3.8) is 0 Å². The van der Waals surface area contributed by atoms with Crippen molar-refractivity contribution in [3.8, 4) is 0 Å². The van der Waals surface area contributed by atoms with Crippen LogP contribution < -0.4 is 5.32 Å². The number of rotatable bonds is 4. The normalized spacial score (nSPS) is 10.7. The van der Waals surface area contributed by atoms with E-state index in [1.54, 1.807) is 6.92 Å². The van der Waals surface area contributed by atoms with Crippen LogP contribution in [0.1, 0.15) is 20.4 Å². The molecule has 0 spiro atoms. The number of carbonyl (C=O) groups excluding carboxylic acids is 1. The number of thiazole rings is 1. The lowest BCUT2D eigenvalue weighted by atomic mass is 10.3. The summed E-state index contributed by atoms with van der Waals surface area (Å²) >= 11 is 1.30. The van der Waals surface area contributed by atoms with Crippen molar-refractivity contribution in [2.75, 3.05) is 13.2 Å². The summed E-state index contributed by atoms with van der Waals surface area (Å²) in [4.78, 5) is 16.3. The molecule has 0 fully saturated rings. The first-order valence-corrected chi connectivity index (χ1v) is 5.36. The lowest BCUT2D eigenvalue weighted by Crippen LogP contribution is -2.40. The third kappa shape index (κ3) is 2.98. The van der Waals surface area contributed by atoms with Crippen molar-refractivity contribution in [3.05, 3.63) is 15.6 Å². The van der Waals surface area contributed by atoms with Crippen LogP contribution in [0, 0.1) is 13.8 Å². The number of amides is 1. The molecular weight excluding hydrogens is 216 g/mol. The molecule has 6 heteroatoms. The molecule has 15 heavy (non-hydrogen) atoms. The molecule has 0 radical (unpaired) electrons. The average molecular weight is 230 g/mol. The number of aromatic nitrogens is 1. The van der Waals surface area contributed by atoms with E-state index in [2.05, 4.69) is 10.3 Å². The van der Waals surface area contributed by atoms with E-state index < -0.39 is 6.04 Å². The zero-order valence-corrected chi connectivity index (χ0v) is 9.47. The van der Waals surface area contributed by atoms with Gasteiger partial charge in [0.1, 0.15) is 4.88 Å². The Bertz CT molecular complexity index is 347. The molecule has 0 bridgehead atoms. The number of aliphatic hydroxyl groups is 2. The van der Waals surface area contributed by atoms with Crippen LogP contribution in [0.4, 0.5) is 0 Å². The van der Waals surface area contributed by atoms with Gasteiger partial charge in [0.2, 0.25) is 0 Å². The molecule has 3 N–H and O–H groups in total. The van der Waals surface area contributed by atoms with Crippen molar-refractivity contribution in [2.24, 2.45) is 0 Å². The van der Waals surface area contributed by atoms with Gasteiger partial charge in [-0.25, -0.2) is 4.98 Å². The Labute approximate surface area is 91.8 Å². The van der Waals surface area contributed by atoms with E-state index in [1.807, 2.05) is 6.92 Å². The quantitative estimate of drug-likeness (QED) is 0.671. The van der Waals surface area contributed by atoms with Gasteiger partial charge in [0.05, 0.1) is 30.0 Å². The number of carbonyl (C=O) groups is 1. The molecule has 0 atom stereocenters. The second-order valence-electron chi connectivity index (χ2n) is 3.18. The average Bonchev–Trinajstić information content (AvgIpc) is 2.54. The van der Waals surface area contributed by atoms with Crippen LogP contribution in [0.15, 0.2) is 0 Å². The zero-order chi connectivity index (χ0) is 11.4. The minimum absolute atomic E-state index is 0.279. The van der Waals surface area contributed by atoms with Crippen molar-refractivity contribution in [2.45, 2.75) is 19.9 Å². The van der Waals surface area contributed by atoms with Crippen molar-refractivity contribution < 1.29 is 15.0 Å². The van der Waals surface area contributed by atoms with Crippen LogP contribution in [0.5, 0.6) is 0 Å². The smallest absolute Gasteiger partial charge is 0.263 e. The topological polar surface area (TPSA) is 82.5 Å². The molecule has 1 amide bonds. The van der Waals surface area contributed by atoms with Gasteiger partial charge in [0.25, 0.3) is 5.91 Å². The number of hydrogen-bond acceptors (Lipinski definition) is 5. The highest BCUT2D eigenvalue weighted by Gasteiger charge is 2.16. The van der Waals surface area contributed by atoms with Gasteiger partial charge < -0.3 is 15.5 Å². The highest BCUT2D eigenvalue weighted by atomic mass is 32.1. The summed E-state index contributed by atoms with van der Waals surface area (Å²) in [5, 5.41) is 21.0. The second kappa shape index (κ2) is 5.20. The number of hydrogen-bond donors (Lipinski definition) is 3. The molecule has 84 valence electrons. The molecule has 0 aromatic carbocycles. The fourth-order valence-corrected chi connectivity index (χ4v) is 1.96. The molecule has 0 aliphatic carbocycles. The van der Waals surface area contributed by atoms with E-state index in [9.17, 15) is 4.79 Å². The lowest BCUT2D eigenvalue weighted by molar-refractivity contribution is 0.0882. The van der Waals surface area contributed by atoms with Gasteiger partial charge in [-0.1, -0.05) is 0 Å². The molecule has 0 aliphatic rings. The molecular formula is C9H14N2O3S. The maximum absolute atomic E-state index is 11.6. The largest absolute Gasteiger partial charge is 0.394 e. The van der Waals surface area contributed by atoms with E-state index in [-0.39, 0.29) is 19.1 Å². The van der Waals surface area contributed by atoms with Gasteiger partial charge in [-0.2, -0.15) is 0 Å². The Morgan fingerprint density at radius 3 is 2.47 bits per heavy atom. The maximum Gasteiger partial charge on any atom is 0.263 e. The molecule has 1 rings (SSSR count). The van der Waals surface area contributed by atoms with Crippen molar-refractivity contribution in [1.82, 2.24) is 10.3 Å². The first kappa shape index (κ1) is 12.1. The molecule has 0 saturated heterocycles. The van der Waals surface area contributed by atoms with E-state index in [4.69, 9.17) is 10.2 Å². The Hall–Kier alpha value is -0.980. The van der Waals surface area contributed by atoms with E-state index >= 15 is 0 Å². The number of aryl methyl sites for hydroxylation is 2. The minimum Gasteiger partial charge on any atom is -0.394 e. The molecule has 0 aliphatic heterocycles. The first-order chi connectivity index (χ1) is 7.08. The summed E-state index contributed by atoms with van der Waals surface area (Å²) in [6.45, 7) is 3.02. The van der Waals surface area contributed by atoms with Crippen LogP contribution in [0.2, 0.25) is 0 Å². The van der Waals surface area contributed by atoms with Crippen LogP contribution in [-0.2, 0) is 0 Å².